The SMILES string of the molecule is Oc1ccc(Oc2ccc3c(c2)c2cc(Br)ccc2n3CCOCCOCCOCCn2c3ccc(Br)cc3c3cc(Oc4ccc(O)c(-c5ccccc5)c4)ccc32)cc1-c1ccccc1. The van der Waals surface area contributed by atoms with E-state index in [1.54, 1.807) is 24.3 Å². The maximum atomic E-state index is 10.6. The molecule has 10 rings (SSSR count). The van der Waals surface area contributed by atoms with Crippen molar-refractivity contribution >= 4 is 75.5 Å². The van der Waals surface area contributed by atoms with Crippen molar-refractivity contribution in [3.05, 3.63) is 179 Å². The molecule has 0 aliphatic rings. The summed E-state index contributed by atoms with van der Waals surface area (Å²) >= 11 is 7.34. The van der Waals surface area contributed by atoms with E-state index in [1.165, 1.54) is 0 Å². The molecule has 11 heteroatoms. The highest BCUT2D eigenvalue weighted by Crippen LogP contribution is 2.40. The topological polar surface area (TPSA) is 96.5 Å². The molecule has 0 aliphatic carbocycles. The normalized spacial score (nSPS) is 11.6. The minimum atomic E-state index is 0.205. The first-order valence-electron chi connectivity index (χ1n) is 22.2. The van der Waals surface area contributed by atoms with Crippen LogP contribution in [0.2, 0.25) is 0 Å². The molecule has 67 heavy (non-hydrogen) atoms. The Morgan fingerprint density at radius 3 is 1.12 bits per heavy atom. The maximum Gasteiger partial charge on any atom is 0.128 e. The first-order chi connectivity index (χ1) is 32.9. The van der Waals surface area contributed by atoms with E-state index in [-0.39, 0.29) is 11.5 Å². The number of hydrogen-bond acceptors (Lipinski definition) is 7. The third kappa shape index (κ3) is 9.79. The number of benzene rings is 8. The number of halogens is 2. The highest BCUT2D eigenvalue weighted by Gasteiger charge is 2.16. The zero-order valence-corrected chi connectivity index (χ0v) is 39.6. The fraction of sp³-hybridized carbons (Fsp3) is 0.143. The molecular formula is C56H46Br2N2O7. The van der Waals surface area contributed by atoms with Gasteiger partial charge >= 0.3 is 0 Å². The highest BCUT2D eigenvalue weighted by molar-refractivity contribution is 9.10. The van der Waals surface area contributed by atoms with Crippen molar-refractivity contribution in [1.29, 1.82) is 0 Å². The molecule has 0 bridgehead atoms. The van der Waals surface area contributed by atoms with Crippen LogP contribution in [0.4, 0.5) is 0 Å². The van der Waals surface area contributed by atoms with E-state index in [9.17, 15) is 10.2 Å². The fourth-order valence-electron chi connectivity index (χ4n) is 8.70. The highest BCUT2D eigenvalue weighted by atomic mass is 79.9. The van der Waals surface area contributed by atoms with Crippen molar-refractivity contribution in [1.82, 2.24) is 9.13 Å². The number of phenols is 2. The van der Waals surface area contributed by atoms with Crippen LogP contribution in [-0.2, 0) is 27.3 Å². The Hall–Kier alpha value is -6.60. The molecule has 8 aromatic carbocycles. The third-order valence-electron chi connectivity index (χ3n) is 11.8. The number of ether oxygens (including phenoxy) is 5. The number of hydrogen-bond donors (Lipinski definition) is 2. The lowest BCUT2D eigenvalue weighted by molar-refractivity contribution is 0.0123. The Morgan fingerprint density at radius 2 is 0.701 bits per heavy atom. The molecule has 10 aromatic rings. The number of fused-ring (bicyclic) bond motifs is 6. The van der Waals surface area contributed by atoms with Crippen molar-refractivity contribution in [3.63, 3.8) is 0 Å². The second-order valence-electron chi connectivity index (χ2n) is 16.1. The Bertz CT molecular complexity index is 3130. The Kier molecular flexibility index (Phi) is 13.3. The summed E-state index contributed by atoms with van der Waals surface area (Å²) in [5.41, 5.74) is 7.67. The standard InChI is InChI=1S/C56H46Br2N2O7/c57-39-11-17-51-47(31-39)49-35-41(66-43-15-21-55(61)45(33-43)37-7-3-1-4-8-37)13-19-53(49)59(51)23-25-63-27-29-65-30-28-64-26-24-60-52-18-12-40(58)32-48(52)50-36-42(14-20-54(50)60)67-44-16-22-56(62)46(34-44)38-9-5-2-6-10-38/h1-22,31-36,61-62H,23-30H2. The van der Waals surface area contributed by atoms with Gasteiger partial charge in [-0.25, -0.2) is 0 Å². The zero-order valence-electron chi connectivity index (χ0n) is 36.4. The van der Waals surface area contributed by atoms with Gasteiger partial charge in [0.05, 0.1) is 39.6 Å². The van der Waals surface area contributed by atoms with Crippen molar-refractivity contribution in [2.75, 3.05) is 39.6 Å². The van der Waals surface area contributed by atoms with Gasteiger partial charge in [0.2, 0.25) is 0 Å². The Labute approximate surface area is 404 Å². The quantitative estimate of drug-likeness (QED) is 0.0827. The van der Waals surface area contributed by atoms with Gasteiger partial charge in [-0.05, 0) is 120 Å². The molecule has 0 saturated carbocycles. The van der Waals surface area contributed by atoms with Gasteiger partial charge in [-0.15, -0.1) is 0 Å². The van der Waals surface area contributed by atoms with E-state index in [4.69, 9.17) is 23.7 Å². The van der Waals surface area contributed by atoms with Crippen LogP contribution in [0.3, 0.4) is 0 Å². The summed E-state index contributed by atoms with van der Waals surface area (Å²) in [5.74, 6) is 3.11. The fourth-order valence-corrected chi connectivity index (χ4v) is 9.42. The first kappa shape index (κ1) is 44.2. The Balaban J connectivity index is 0.708. The van der Waals surface area contributed by atoms with Gasteiger partial charge < -0.3 is 43.0 Å². The molecule has 0 spiro atoms. The number of phenolic OH excluding ortho intramolecular Hbond substituents is 2. The predicted molar refractivity (Wildman–Crippen MR) is 274 cm³/mol. The molecule has 0 amide bonds. The van der Waals surface area contributed by atoms with E-state index in [0.717, 1.165) is 63.7 Å². The largest absolute Gasteiger partial charge is 0.507 e. The van der Waals surface area contributed by atoms with Crippen molar-refractivity contribution in [3.8, 4) is 56.8 Å². The minimum absolute atomic E-state index is 0.205. The van der Waals surface area contributed by atoms with Gasteiger partial charge in [0.15, 0.2) is 0 Å². The maximum absolute atomic E-state index is 10.6. The van der Waals surface area contributed by atoms with Crippen LogP contribution < -0.4 is 9.47 Å². The second kappa shape index (κ2) is 20.1. The molecule has 0 saturated heterocycles. The van der Waals surface area contributed by atoms with Crippen LogP contribution in [0, 0.1) is 0 Å². The molecule has 2 heterocycles. The third-order valence-corrected chi connectivity index (χ3v) is 12.8. The summed E-state index contributed by atoms with van der Waals surface area (Å²) in [4.78, 5) is 0. The van der Waals surface area contributed by atoms with Crippen LogP contribution in [0.25, 0.3) is 65.9 Å². The van der Waals surface area contributed by atoms with Gasteiger partial charge in [-0.3, -0.25) is 0 Å². The smallest absolute Gasteiger partial charge is 0.128 e. The average Bonchev–Trinajstić information content (AvgIpc) is 3.82. The van der Waals surface area contributed by atoms with E-state index in [2.05, 4.69) is 102 Å². The molecule has 336 valence electrons. The second-order valence-corrected chi connectivity index (χ2v) is 17.9. The van der Waals surface area contributed by atoms with Gasteiger partial charge in [0, 0.05) is 76.8 Å². The van der Waals surface area contributed by atoms with Crippen LogP contribution in [0.15, 0.2) is 179 Å². The first-order valence-corrected chi connectivity index (χ1v) is 23.7. The Morgan fingerprint density at radius 1 is 0.358 bits per heavy atom. The van der Waals surface area contributed by atoms with Crippen molar-refractivity contribution in [2.45, 2.75) is 13.1 Å². The van der Waals surface area contributed by atoms with Crippen molar-refractivity contribution < 1.29 is 33.9 Å². The van der Waals surface area contributed by atoms with Gasteiger partial charge in [0.1, 0.15) is 34.5 Å². The molecule has 2 aromatic heterocycles. The van der Waals surface area contributed by atoms with Crippen LogP contribution >= 0.6 is 31.9 Å². The van der Waals surface area contributed by atoms with E-state index < -0.39 is 0 Å². The zero-order chi connectivity index (χ0) is 45.7. The molecular weight excluding hydrogens is 972 g/mol. The molecule has 0 aliphatic heterocycles. The number of nitrogens with zero attached hydrogens (tertiary/aromatic N) is 2. The molecule has 0 unspecified atom stereocenters. The summed E-state index contributed by atoms with van der Waals surface area (Å²) in [6.45, 7) is 4.28. The monoisotopic (exact) mass is 1020 g/mol. The molecule has 2 N–H and O–H groups in total. The number of rotatable bonds is 18. The predicted octanol–water partition coefficient (Wildman–Crippen LogP) is 14.5. The van der Waals surface area contributed by atoms with Crippen LogP contribution in [0.5, 0.6) is 34.5 Å². The van der Waals surface area contributed by atoms with E-state index >= 15 is 0 Å². The summed E-state index contributed by atoms with van der Waals surface area (Å²) in [6.07, 6.45) is 0. The lowest BCUT2D eigenvalue weighted by Crippen LogP contribution is -2.13. The van der Waals surface area contributed by atoms with E-state index in [0.29, 0.717) is 86.9 Å². The van der Waals surface area contributed by atoms with Gasteiger partial charge in [-0.1, -0.05) is 92.5 Å². The van der Waals surface area contributed by atoms with Gasteiger partial charge in [0.25, 0.3) is 0 Å². The summed E-state index contributed by atoms with van der Waals surface area (Å²) < 4.78 is 37.3. The molecule has 0 atom stereocenters. The molecule has 9 nitrogen and oxygen atoms in total. The summed E-state index contributed by atoms with van der Waals surface area (Å²) in [6, 6.07) is 55.2. The van der Waals surface area contributed by atoms with Gasteiger partial charge in [-0.2, -0.15) is 0 Å². The number of aromatic hydroxyl groups is 2. The summed E-state index contributed by atoms with van der Waals surface area (Å²) in [5, 5.41) is 25.5. The lowest BCUT2D eigenvalue weighted by atomic mass is 10.0. The van der Waals surface area contributed by atoms with Crippen LogP contribution in [0.1, 0.15) is 0 Å². The number of aromatic nitrogens is 2. The molecule has 0 fully saturated rings. The summed E-state index contributed by atoms with van der Waals surface area (Å²) in [7, 11) is 0. The average molecular weight is 1020 g/mol. The van der Waals surface area contributed by atoms with Crippen molar-refractivity contribution in [2.24, 2.45) is 0 Å². The van der Waals surface area contributed by atoms with E-state index in [1.807, 2.05) is 84.9 Å². The van der Waals surface area contributed by atoms with Crippen LogP contribution in [-0.4, -0.2) is 59.0 Å². The minimum Gasteiger partial charge on any atom is -0.507 e. The lowest BCUT2D eigenvalue weighted by Gasteiger charge is -2.11. The molecule has 0 radical (unpaired) electrons.